The van der Waals surface area contributed by atoms with Crippen molar-refractivity contribution in [3.63, 3.8) is 0 Å². The molecule has 0 unspecified atom stereocenters. The molecular formula is C29H27N5O4S3. The third kappa shape index (κ3) is 9.20. The topological polar surface area (TPSA) is 122 Å². The van der Waals surface area contributed by atoms with Gasteiger partial charge in [0, 0.05) is 27.7 Å². The lowest BCUT2D eigenvalue weighted by Crippen LogP contribution is -2.30. The zero-order valence-electron chi connectivity index (χ0n) is 22.2. The van der Waals surface area contributed by atoms with E-state index in [-0.39, 0.29) is 17.4 Å². The van der Waals surface area contributed by atoms with Crippen molar-refractivity contribution in [3.8, 4) is 5.75 Å². The van der Waals surface area contributed by atoms with Crippen LogP contribution in [0.4, 0.5) is 10.8 Å². The summed E-state index contributed by atoms with van der Waals surface area (Å²) in [5.74, 6) is 0.666. The molecule has 0 aliphatic rings. The van der Waals surface area contributed by atoms with E-state index >= 15 is 0 Å². The van der Waals surface area contributed by atoms with Crippen molar-refractivity contribution in [2.24, 2.45) is 0 Å². The maximum Gasteiger partial charge on any atom is 0.272 e. The monoisotopic (exact) mass is 605 g/mol. The molecule has 12 heteroatoms. The van der Waals surface area contributed by atoms with Crippen LogP contribution < -0.4 is 20.7 Å². The second kappa shape index (κ2) is 15.0. The molecule has 0 fully saturated rings. The molecule has 0 spiro atoms. The van der Waals surface area contributed by atoms with Gasteiger partial charge in [0.25, 0.3) is 11.8 Å². The van der Waals surface area contributed by atoms with Crippen molar-refractivity contribution in [1.29, 1.82) is 0 Å². The van der Waals surface area contributed by atoms with Gasteiger partial charge in [-0.05, 0) is 65.9 Å². The van der Waals surface area contributed by atoms with Crippen LogP contribution in [0.3, 0.4) is 0 Å². The quantitative estimate of drug-likeness (QED) is 0.137. The zero-order valence-corrected chi connectivity index (χ0v) is 24.7. The molecule has 0 saturated carbocycles. The SMILES string of the molecule is CCSc1nsc(NC(=O)CSc2ccc(NC(=O)/C(=C/c3ccc(OC)cc3)NC(=O)c3ccccc3)cc2)n1. The first kappa shape index (κ1) is 29.8. The first-order valence-corrected chi connectivity index (χ1v) is 15.2. The van der Waals surface area contributed by atoms with E-state index in [0.29, 0.717) is 32.9 Å². The van der Waals surface area contributed by atoms with Crippen LogP contribution in [0.1, 0.15) is 22.8 Å². The lowest BCUT2D eigenvalue weighted by molar-refractivity contribution is -0.114. The minimum atomic E-state index is -0.484. The normalized spacial score (nSPS) is 11.0. The van der Waals surface area contributed by atoms with E-state index in [1.54, 1.807) is 73.8 Å². The van der Waals surface area contributed by atoms with Gasteiger partial charge < -0.3 is 15.4 Å². The average molecular weight is 606 g/mol. The molecule has 3 aromatic carbocycles. The van der Waals surface area contributed by atoms with Gasteiger partial charge >= 0.3 is 0 Å². The Balaban J connectivity index is 1.38. The van der Waals surface area contributed by atoms with E-state index in [2.05, 4.69) is 25.3 Å². The molecule has 0 bridgehead atoms. The van der Waals surface area contributed by atoms with Gasteiger partial charge in [-0.1, -0.05) is 49.0 Å². The smallest absolute Gasteiger partial charge is 0.272 e. The molecule has 4 rings (SSSR count). The van der Waals surface area contributed by atoms with Crippen LogP contribution in [0.5, 0.6) is 5.75 Å². The molecule has 3 N–H and O–H groups in total. The van der Waals surface area contributed by atoms with Crippen LogP contribution >= 0.6 is 35.1 Å². The van der Waals surface area contributed by atoms with Crippen molar-refractivity contribution in [3.05, 3.63) is 95.7 Å². The Morgan fingerprint density at radius 2 is 1.66 bits per heavy atom. The molecule has 4 aromatic rings. The fourth-order valence-corrected chi connectivity index (χ4v) is 5.38. The van der Waals surface area contributed by atoms with Crippen LogP contribution in [0.25, 0.3) is 6.08 Å². The number of carbonyl (C=O) groups excluding carboxylic acids is 3. The predicted octanol–water partition coefficient (Wildman–Crippen LogP) is 5.80. The first-order chi connectivity index (χ1) is 19.9. The summed E-state index contributed by atoms with van der Waals surface area (Å²) in [5, 5.41) is 9.44. The fraction of sp³-hybridized carbons (Fsp3) is 0.138. The summed E-state index contributed by atoms with van der Waals surface area (Å²) in [6, 6.07) is 22.9. The Kier molecular flexibility index (Phi) is 10.9. The molecule has 0 aliphatic carbocycles. The van der Waals surface area contributed by atoms with Crippen LogP contribution in [-0.2, 0) is 9.59 Å². The third-order valence-electron chi connectivity index (χ3n) is 5.36. The van der Waals surface area contributed by atoms with Crippen LogP contribution in [0.15, 0.2) is 94.6 Å². The van der Waals surface area contributed by atoms with Crippen LogP contribution in [-0.4, -0.2) is 45.7 Å². The average Bonchev–Trinajstić information content (AvgIpc) is 3.44. The molecule has 0 saturated heterocycles. The molecule has 210 valence electrons. The summed E-state index contributed by atoms with van der Waals surface area (Å²) in [6.07, 6.45) is 1.60. The van der Waals surface area contributed by atoms with Gasteiger partial charge in [0.05, 0.1) is 12.9 Å². The highest BCUT2D eigenvalue weighted by Gasteiger charge is 2.15. The summed E-state index contributed by atoms with van der Waals surface area (Å²) in [7, 11) is 1.57. The second-order valence-electron chi connectivity index (χ2n) is 8.28. The van der Waals surface area contributed by atoms with E-state index < -0.39 is 11.8 Å². The number of amides is 3. The number of aromatic nitrogens is 2. The van der Waals surface area contributed by atoms with Crippen molar-refractivity contribution in [2.45, 2.75) is 17.0 Å². The second-order valence-corrected chi connectivity index (χ2v) is 11.3. The van der Waals surface area contributed by atoms with Gasteiger partial charge in [-0.25, -0.2) is 0 Å². The summed E-state index contributed by atoms with van der Waals surface area (Å²) >= 11 is 4.03. The minimum Gasteiger partial charge on any atom is -0.497 e. The highest BCUT2D eigenvalue weighted by molar-refractivity contribution is 8.00. The van der Waals surface area contributed by atoms with E-state index in [1.807, 2.05) is 25.1 Å². The molecule has 1 aromatic heterocycles. The Morgan fingerprint density at radius 3 is 2.34 bits per heavy atom. The number of ether oxygens (including phenoxy) is 1. The molecule has 3 amide bonds. The number of nitrogens with zero attached hydrogens (tertiary/aromatic N) is 2. The van der Waals surface area contributed by atoms with E-state index in [0.717, 1.165) is 22.2 Å². The van der Waals surface area contributed by atoms with E-state index in [4.69, 9.17) is 4.74 Å². The van der Waals surface area contributed by atoms with Crippen molar-refractivity contribution >= 4 is 69.7 Å². The number of hydrogen-bond donors (Lipinski definition) is 3. The summed E-state index contributed by atoms with van der Waals surface area (Å²) in [5.41, 5.74) is 1.76. The van der Waals surface area contributed by atoms with E-state index in [9.17, 15) is 14.4 Å². The standard InChI is InChI=1S/C29H27N5O4S3/c1-3-39-29-33-28(41-34-29)32-25(35)18-40-23-15-11-21(12-16-23)30-27(37)24(17-19-9-13-22(38-2)14-10-19)31-26(36)20-7-5-4-6-8-20/h4-17H,3,18H2,1-2H3,(H,30,37)(H,31,36)(H,32,33,34,35)/b24-17-. The van der Waals surface area contributed by atoms with Gasteiger partial charge in [0.1, 0.15) is 11.4 Å². The van der Waals surface area contributed by atoms with E-state index in [1.165, 1.54) is 23.5 Å². The maximum atomic E-state index is 13.2. The number of anilines is 2. The van der Waals surface area contributed by atoms with Crippen LogP contribution in [0, 0.1) is 0 Å². The predicted molar refractivity (Wildman–Crippen MR) is 166 cm³/mol. The molecule has 1 heterocycles. The van der Waals surface area contributed by atoms with Gasteiger partial charge in [0.2, 0.25) is 16.2 Å². The summed E-state index contributed by atoms with van der Waals surface area (Å²) in [4.78, 5) is 43.5. The zero-order chi connectivity index (χ0) is 29.0. The van der Waals surface area contributed by atoms with Gasteiger partial charge in [0.15, 0.2) is 0 Å². The van der Waals surface area contributed by atoms with Gasteiger partial charge in [-0.2, -0.15) is 9.36 Å². The Bertz CT molecular complexity index is 1510. The number of methoxy groups -OCH3 is 1. The fourth-order valence-electron chi connectivity index (χ4n) is 3.39. The molecular weight excluding hydrogens is 579 g/mol. The number of benzene rings is 3. The van der Waals surface area contributed by atoms with Gasteiger partial charge in [-0.3, -0.25) is 19.7 Å². The molecule has 9 nitrogen and oxygen atoms in total. The van der Waals surface area contributed by atoms with Gasteiger partial charge in [-0.15, -0.1) is 11.8 Å². The molecule has 0 radical (unpaired) electrons. The molecule has 41 heavy (non-hydrogen) atoms. The highest BCUT2D eigenvalue weighted by Crippen LogP contribution is 2.23. The Hall–Kier alpha value is -4.13. The highest BCUT2D eigenvalue weighted by atomic mass is 32.2. The third-order valence-corrected chi connectivity index (χ3v) is 7.85. The number of hydrogen-bond acceptors (Lipinski definition) is 9. The Labute approximate surface area is 250 Å². The number of thioether (sulfide) groups is 2. The number of carbonyl (C=O) groups is 3. The van der Waals surface area contributed by atoms with Crippen molar-refractivity contribution in [1.82, 2.24) is 14.7 Å². The first-order valence-electron chi connectivity index (χ1n) is 12.5. The van der Waals surface area contributed by atoms with Crippen molar-refractivity contribution in [2.75, 3.05) is 29.2 Å². The molecule has 0 atom stereocenters. The number of rotatable bonds is 12. The lowest BCUT2D eigenvalue weighted by atomic mass is 10.1. The van der Waals surface area contributed by atoms with Crippen LogP contribution in [0.2, 0.25) is 0 Å². The minimum absolute atomic E-state index is 0.0799. The maximum absolute atomic E-state index is 13.2. The Morgan fingerprint density at radius 1 is 0.927 bits per heavy atom. The summed E-state index contributed by atoms with van der Waals surface area (Å²) < 4.78 is 9.39. The molecule has 0 aliphatic heterocycles. The summed E-state index contributed by atoms with van der Waals surface area (Å²) in [6.45, 7) is 2.01. The largest absolute Gasteiger partial charge is 0.497 e. The van der Waals surface area contributed by atoms with Crippen molar-refractivity contribution < 1.29 is 19.1 Å². The lowest BCUT2D eigenvalue weighted by Gasteiger charge is -2.12. The number of nitrogens with one attached hydrogen (secondary N) is 3.